The molecule has 1 aliphatic carbocycles. The van der Waals surface area contributed by atoms with Crippen molar-refractivity contribution < 1.29 is 23.4 Å². The summed E-state index contributed by atoms with van der Waals surface area (Å²) in [6.07, 6.45) is 7.06. The quantitative estimate of drug-likeness (QED) is 0.263. The molecular formula is C24H32O5Si. The van der Waals surface area contributed by atoms with Crippen LogP contribution >= 0.6 is 0 Å². The molecule has 0 saturated carbocycles. The first kappa shape index (κ1) is 22.4. The van der Waals surface area contributed by atoms with E-state index in [0.717, 1.165) is 5.75 Å². The predicted octanol–water partition coefficient (Wildman–Crippen LogP) is 5.06. The van der Waals surface area contributed by atoms with Crippen molar-refractivity contribution in [1.82, 2.24) is 0 Å². The summed E-state index contributed by atoms with van der Waals surface area (Å²) in [5.74, 6) is 0.829. The highest BCUT2D eigenvalue weighted by molar-refractivity contribution is 6.74. The average molecular weight is 429 g/mol. The normalized spacial score (nSPS) is 27.1. The smallest absolute Gasteiger partial charge is 0.335 e. The van der Waals surface area contributed by atoms with Crippen molar-refractivity contribution in [2.24, 2.45) is 5.92 Å². The van der Waals surface area contributed by atoms with Gasteiger partial charge in [0.15, 0.2) is 13.9 Å². The molecule has 0 amide bonds. The van der Waals surface area contributed by atoms with Crippen LogP contribution < -0.4 is 9.47 Å². The van der Waals surface area contributed by atoms with Crippen LogP contribution in [0.2, 0.25) is 18.1 Å². The number of rotatable bonds is 7. The van der Waals surface area contributed by atoms with Crippen LogP contribution in [0, 0.1) is 5.92 Å². The van der Waals surface area contributed by atoms with Crippen molar-refractivity contribution in [2.75, 3.05) is 13.7 Å². The lowest BCUT2D eigenvalue weighted by Gasteiger charge is -2.40. The average Bonchev–Trinajstić information content (AvgIpc) is 3.14. The number of hydrogen-bond donors (Lipinski definition) is 0. The Hall–Kier alpha value is -2.31. The number of methoxy groups -OCH3 is 1. The van der Waals surface area contributed by atoms with E-state index in [1.54, 1.807) is 19.3 Å². The van der Waals surface area contributed by atoms with Gasteiger partial charge in [0.2, 0.25) is 0 Å². The van der Waals surface area contributed by atoms with Gasteiger partial charge in [0.05, 0.1) is 19.1 Å². The van der Waals surface area contributed by atoms with Crippen LogP contribution in [-0.2, 0) is 14.0 Å². The molecule has 1 fully saturated rings. The SMILES string of the molecule is C=C/C=C1\C(=O)O[C@@]2(COc3ccc(OC)cc3)C=C[C@@H](O[Si](C)(C)C(C)(C)C)[C@@H]12. The van der Waals surface area contributed by atoms with E-state index < -0.39 is 13.9 Å². The first-order valence-electron chi connectivity index (χ1n) is 10.2. The van der Waals surface area contributed by atoms with E-state index in [1.165, 1.54) is 0 Å². The minimum atomic E-state index is -2.06. The molecule has 162 valence electrons. The molecule has 3 atom stereocenters. The lowest BCUT2D eigenvalue weighted by atomic mass is 9.86. The Morgan fingerprint density at radius 2 is 1.83 bits per heavy atom. The molecule has 0 N–H and O–H groups in total. The molecule has 6 heteroatoms. The highest BCUT2D eigenvalue weighted by Crippen LogP contribution is 2.49. The number of carbonyl (C=O) groups is 1. The number of fused-ring (bicyclic) bond motifs is 1. The summed E-state index contributed by atoms with van der Waals surface area (Å²) in [5, 5.41) is 0.0530. The first-order chi connectivity index (χ1) is 14.0. The number of esters is 1. The first-order valence-corrected chi connectivity index (χ1v) is 13.1. The molecule has 30 heavy (non-hydrogen) atoms. The lowest BCUT2D eigenvalue weighted by Crippen LogP contribution is -2.48. The van der Waals surface area contributed by atoms with Gasteiger partial charge in [0.1, 0.15) is 18.1 Å². The van der Waals surface area contributed by atoms with E-state index in [-0.39, 0.29) is 29.6 Å². The monoisotopic (exact) mass is 428 g/mol. The van der Waals surface area contributed by atoms with Gasteiger partial charge in [-0.05, 0) is 48.5 Å². The summed E-state index contributed by atoms with van der Waals surface area (Å²) < 4.78 is 23.8. The molecule has 2 aliphatic rings. The van der Waals surface area contributed by atoms with Crippen molar-refractivity contribution in [1.29, 1.82) is 0 Å². The Morgan fingerprint density at radius 1 is 1.20 bits per heavy atom. The van der Waals surface area contributed by atoms with Crippen molar-refractivity contribution in [3.63, 3.8) is 0 Å². The molecule has 1 saturated heterocycles. The third-order valence-corrected chi connectivity index (χ3v) is 10.8. The number of carbonyl (C=O) groups excluding carboxylic acids is 1. The summed E-state index contributed by atoms with van der Waals surface area (Å²) in [4.78, 5) is 12.7. The predicted molar refractivity (Wildman–Crippen MR) is 120 cm³/mol. The standard InChI is InChI=1S/C24H32O5Si/c1-8-9-19-21-20(29-30(6,7)23(2,3)4)14-15-24(21,28-22(19)25)16-27-18-12-10-17(26-5)11-13-18/h8-15,20-21H,1,16H2,2-7H3/b19-9-/t20-,21-,24-/m1/s1. The number of ether oxygens (including phenoxy) is 3. The fraction of sp³-hybridized carbons (Fsp3) is 0.458. The van der Waals surface area contributed by atoms with E-state index in [9.17, 15) is 4.79 Å². The molecule has 1 aliphatic heterocycles. The second-order valence-corrected chi connectivity index (χ2v) is 14.1. The van der Waals surface area contributed by atoms with Crippen LogP contribution in [0.1, 0.15) is 20.8 Å². The maximum atomic E-state index is 12.7. The molecule has 0 unspecified atom stereocenters. The molecule has 5 nitrogen and oxygen atoms in total. The van der Waals surface area contributed by atoms with Crippen molar-refractivity contribution in [3.05, 3.63) is 60.7 Å². The number of benzene rings is 1. The maximum Gasteiger partial charge on any atom is 0.335 e. The van der Waals surface area contributed by atoms with Crippen molar-refractivity contribution in [3.8, 4) is 11.5 Å². The van der Waals surface area contributed by atoms with Gasteiger partial charge < -0.3 is 18.6 Å². The van der Waals surface area contributed by atoms with Gasteiger partial charge in [-0.25, -0.2) is 4.79 Å². The Morgan fingerprint density at radius 3 is 2.40 bits per heavy atom. The summed E-state index contributed by atoms with van der Waals surface area (Å²) in [5.41, 5.74) is -0.309. The summed E-state index contributed by atoms with van der Waals surface area (Å²) in [6.45, 7) is 15.0. The Balaban J connectivity index is 1.87. The van der Waals surface area contributed by atoms with Crippen LogP contribution in [0.3, 0.4) is 0 Å². The Labute approximate surface area is 180 Å². The number of hydrogen-bond acceptors (Lipinski definition) is 5. The van der Waals surface area contributed by atoms with E-state index in [0.29, 0.717) is 11.3 Å². The largest absolute Gasteiger partial charge is 0.497 e. The van der Waals surface area contributed by atoms with Crippen LogP contribution in [0.25, 0.3) is 0 Å². The summed E-state index contributed by atoms with van der Waals surface area (Å²) in [6, 6.07) is 7.35. The third kappa shape index (κ3) is 4.11. The summed E-state index contributed by atoms with van der Waals surface area (Å²) >= 11 is 0. The molecule has 0 bridgehead atoms. The minimum Gasteiger partial charge on any atom is -0.497 e. The zero-order valence-electron chi connectivity index (χ0n) is 18.7. The van der Waals surface area contributed by atoms with Gasteiger partial charge in [-0.2, -0.15) is 0 Å². The van der Waals surface area contributed by atoms with Crippen LogP contribution in [0.4, 0.5) is 0 Å². The molecular weight excluding hydrogens is 396 g/mol. The minimum absolute atomic E-state index is 0.0530. The van der Waals surface area contributed by atoms with Crippen molar-refractivity contribution >= 4 is 14.3 Å². The lowest BCUT2D eigenvalue weighted by molar-refractivity contribution is -0.146. The highest BCUT2D eigenvalue weighted by atomic mass is 28.4. The van der Waals surface area contributed by atoms with Gasteiger partial charge in [0, 0.05) is 5.57 Å². The topological polar surface area (TPSA) is 54.0 Å². The molecule has 1 aromatic rings. The van der Waals surface area contributed by atoms with Crippen LogP contribution in [0.5, 0.6) is 11.5 Å². The number of allylic oxidation sites excluding steroid dienone is 2. The molecule has 1 heterocycles. The zero-order chi connectivity index (χ0) is 22.2. The van der Waals surface area contributed by atoms with Crippen LogP contribution in [0.15, 0.2) is 60.7 Å². The van der Waals surface area contributed by atoms with Crippen LogP contribution in [-0.4, -0.2) is 39.7 Å². The van der Waals surface area contributed by atoms with E-state index in [1.807, 2.05) is 36.4 Å². The molecule has 3 rings (SSSR count). The molecule has 1 aromatic carbocycles. The second-order valence-electron chi connectivity index (χ2n) is 9.35. The van der Waals surface area contributed by atoms with E-state index >= 15 is 0 Å². The van der Waals surface area contributed by atoms with Gasteiger partial charge in [-0.3, -0.25) is 0 Å². The van der Waals surface area contributed by atoms with Crippen molar-refractivity contribution in [2.45, 2.75) is 50.6 Å². The van der Waals surface area contributed by atoms with Gasteiger partial charge in [-0.15, -0.1) is 0 Å². The van der Waals surface area contributed by atoms with E-state index in [4.69, 9.17) is 18.6 Å². The molecule has 0 spiro atoms. The maximum absolute atomic E-state index is 12.7. The second kappa shape index (κ2) is 8.08. The Kier molecular flexibility index (Phi) is 6.02. The van der Waals surface area contributed by atoms with Gasteiger partial charge in [0.25, 0.3) is 0 Å². The fourth-order valence-corrected chi connectivity index (χ4v) is 4.85. The summed E-state index contributed by atoms with van der Waals surface area (Å²) in [7, 11) is -0.439. The van der Waals surface area contributed by atoms with E-state index in [2.05, 4.69) is 40.4 Å². The van der Waals surface area contributed by atoms with Gasteiger partial charge in [-0.1, -0.05) is 45.6 Å². The Bertz CT molecular complexity index is 863. The zero-order valence-corrected chi connectivity index (χ0v) is 19.7. The fourth-order valence-electron chi connectivity index (χ4n) is 3.61. The molecule has 0 aromatic heterocycles. The molecule has 0 radical (unpaired) electrons. The van der Waals surface area contributed by atoms with Gasteiger partial charge >= 0.3 is 5.97 Å². The highest BCUT2D eigenvalue weighted by Gasteiger charge is 2.59. The third-order valence-electron chi connectivity index (χ3n) is 6.33.